The predicted molar refractivity (Wildman–Crippen MR) is 60.0 cm³/mol. The number of cyclic esters (lactones) is 1. The van der Waals surface area contributed by atoms with E-state index in [0.29, 0.717) is 0 Å². The van der Waals surface area contributed by atoms with Crippen molar-refractivity contribution in [3.05, 3.63) is 35.9 Å². The summed E-state index contributed by atoms with van der Waals surface area (Å²) in [5.74, 6) is -1.36. The smallest absolute Gasteiger partial charge is 0.313 e. The van der Waals surface area contributed by atoms with Gasteiger partial charge in [-0.2, -0.15) is 0 Å². The lowest BCUT2D eigenvalue weighted by molar-refractivity contribution is -0.155. The molecule has 0 radical (unpaired) electrons. The molecule has 1 aromatic rings. The molecular weight excluding hydrogens is 220 g/mol. The summed E-state index contributed by atoms with van der Waals surface area (Å²) < 4.78 is 10.1. The van der Waals surface area contributed by atoms with Crippen molar-refractivity contribution in [1.29, 1.82) is 0 Å². The first-order valence-corrected chi connectivity index (χ1v) is 5.43. The second-order valence-electron chi connectivity index (χ2n) is 4.23. The van der Waals surface area contributed by atoms with E-state index in [9.17, 15) is 9.59 Å². The maximum absolute atomic E-state index is 11.7. The SMILES string of the molecule is COC(=O)[C@@H]1CC(=O)O[C@]1(C)c1ccccc1. The first-order chi connectivity index (χ1) is 8.08. The van der Waals surface area contributed by atoms with Crippen molar-refractivity contribution in [3.63, 3.8) is 0 Å². The summed E-state index contributed by atoms with van der Waals surface area (Å²) in [5, 5.41) is 0. The number of hydrogen-bond donors (Lipinski definition) is 0. The van der Waals surface area contributed by atoms with Crippen LogP contribution in [0, 0.1) is 5.92 Å². The molecule has 0 unspecified atom stereocenters. The van der Waals surface area contributed by atoms with Gasteiger partial charge < -0.3 is 9.47 Å². The quantitative estimate of drug-likeness (QED) is 0.730. The molecular formula is C13H14O4. The van der Waals surface area contributed by atoms with Crippen LogP contribution in [0.15, 0.2) is 30.3 Å². The van der Waals surface area contributed by atoms with Gasteiger partial charge >= 0.3 is 11.9 Å². The highest BCUT2D eigenvalue weighted by atomic mass is 16.6. The predicted octanol–water partition coefficient (Wildman–Crippen LogP) is 1.64. The lowest BCUT2D eigenvalue weighted by Crippen LogP contribution is -2.34. The fraction of sp³-hybridized carbons (Fsp3) is 0.385. The van der Waals surface area contributed by atoms with Crippen molar-refractivity contribution >= 4 is 11.9 Å². The Labute approximate surface area is 99.5 Å². The zero-order chi connectivity index (χ0) is 12.5. The highest BCUT2D eigenvalue weighted by Gasteiger charge is 2.51. The van der Waals surface area contributed by atoms with Crippen LogP contribution >= 0.6 is 0 Å². The van der Waals surface area contributed by atoms with E-state index < -0.39 is 17.5 Å². The number of benzene rings is 1. The van der Waals surface area contributed by atoms with Crippen LogP contribution in [0.3, 0.4) is 0 Å². The zero-order valence-corrected chi connectivity index (χ0v) is 9.80. The minimum absolute atomic E-state index is 0.0675. The first kappa shape index (κ1) is 11.6. The molecule has 17 heavy (non-hydrogen) atoms. The van der Waals surface area contributed by atoms with E-state index in [1.807, 2.05) is 30.3 Å². The standard InChI is InChI=1S/C13H14O4/c1-13(9-6-4-3-5-7-9)10(12(15)16-2)8-11(14)17-13/h3-7,10H,8H2,1-2H3/t10-,13+/m0/s1. The third-order valence-corrected chi connectivity index (χ3v) is 3.19. The van der Waals surface area contributed by atoms with Crippen molar-refractivity contribution in [3.8, 4) is 0 Å². The van der Waals surface area contributed by atoms with E-state index >= 15 is 0 Å². The topological polar surface area (TPSA) is 52.6 Å². The summed E-state index contributed by atoms with van der Waals surface area (Å²) >= 11 is 0. The van der Waals surface area contributed by atoms with E-state index in [2.05, 4.69) is 0 Å². The molecule has 2 rings (SSSR count). The Morgan fingerprint density at radius 3 is 2.65 bits per heavy atom. The van der Waals surface area contributed by atoms with Crippen molar-refractivity contribution in [2.75, 3.05) is 7.11 Å². The molecule has 0 aromatic heterocycles. The molecule has 1 heterocycles. The Balaban J connectivity index is 2.40. The monoisotopic (exact) mass is 234 g/mol. The zero-order valence-electron chi connectivity index (χ0n) is 9.80. The average Bonchev–Trinajstić information content (AvgIpc) is 2.66. The number of hydrogen-bond acceptors (Lipinski definition) is 4. The maximum atomic E-state index is 11.7. The van der Waals surface area contributed by atoms with Crippen LogP contribution in [-0.4, -0.2) is 19.0 Å². The van der Waals surface area contributed by atoms with Gasteiger partial charge in [0.15, 0.2) is 0 Å². The molecule has 2 atom stereocenters. The normalized spacial score (nSPS) is 27.6. The van der Waals surface area contributed by atoms with Crippen molar-refractivity contribution in [1.82, 2.24) is 0 Å². The molecule has 90 valence electrons. The van der Waals surface area contributed by atoms with Crippen LogP contribution in [0.4, 0.5) is 0 Å². The largest absolute Gasteiger partial charge is 0.469 e. The van der Waals surface area contributed by atoms with Gasteiger partial charge in [0.05, 0.1) is 13.5 Å². The van der Waals surface area contributed by atoms with Gasteiger partial charge in [0.2, 0.25) is 0 Å². The molecule has 1 fully saturated rings. The Hall–Kier alpha value is -1.84. The highest BCUT2D eigenvalue weighted by molar-refractivity contribution is 5.84. The first-order valence-electron chi connectivity index (χ1n) is 5.43. The Bertz CT molecular complexity index is 440. The number of rotatable bonds is 2. The minimum atomic E-state index is -0.925. The fourth-order valence-electron chi connectivity index (χ4n) is 2.19. The number of carbonyl (C=O) groups is 2. The van der Waals surface area contributed by atoms with Crippen LogP contribution in [0.25, 0.3) is 0 Å². The van der Waals surface area contributed by atoms with Crippen LogP contribution in [0.1, 0.15) is 18.9 Å². The van der Waals surface area contributed by atoms with Crippen molar-refractivity contribution < 1.29 is 19.1 Å². The van der Waals surface area contributed by atoms with Gasteiger partial charge in [0, 0.05) is 0 Å². The summed E-state index contributed by atoms with van der Waals surface area (Å²) in [5.41, 5.74) is -0.118. The van der Waals surface area contributed by atoms with Crippen molar-refractivity contribution in [2.45, 2.75) is 18.9 Å². The molecule has 0 bridgehead atoms. The van der Waals surface area contributed by atoms with Gasteiger partial charge in [0.25, 0.3) is 0 Å². The van der Waals surface area contributed by atoms with Gasteiger partial charge in [0.1, 0.15) is 11.5 Å². The van der Waals surface area contributed by atoms with E-state index in [1.54, 1.807) is 6.92 Å². The second-order valence-corrected chi connectivity index (χ2v) is 4.23. The average molecular weight is 234 g/mol. The van der Waals surface area contributed by atoms with E-state index in [1.165, 1.54) is 7.11 Å². The molecule has 0 aliphatic carbocycles. The molecule has 1 aliphatic heterocycles. The van der Waals surface area contributed by atoms with Gasteiger partial charge in [-0.25, -0.2) is 0 Å². The number of esters is 2. The Kier molecular flexibility index (Phi) is 2.88. The van der Waals surface area contributed by atoms with Crippen LogP contribution in [0.2, 0.25) is 0 Å². The van der Waals surface area contributed by atoms with Gasteiger partial charge in [-0.15, -0.1) is 0 Å². The lowest BCUT2D eigenvalue weighted by atomic mass is 9.83. The highest BCUT2D eigenvalue weighted by Crippen LogP contribution is 2.41. The Morgan fingerprint density at radius 1 is 1.41 bits per heavy atom. The summed E-state index contributed by atoms with van der Waals surface area (Å²) in [6.07, 6.45) is 0.0675. The molecule has 4 heteroatoms. The third kappa shape index (κ3) is 1.90. The summed E-state index contributed by atoms with van der Waals surface area (Å²) in [4.78, 5) is 23.1. The van der Waals surface area contributed by atoms with Crippen LogP contribution in [-0.2, 0) is 24.7 Å². The number of methoxy groups -OCH3 is 1. The molecule has 0 N–H and O–H groups in total. The van der Waals surface area contributed by atoms with Crippen LogP contribution in [0.5, 0.6) is 0 Å². The van der Waals surface area contributed by atoms with Crippen molar-refractivity contribution in [2.24, 2.45) is 5.92 Å². The Morgan fingerprint density at radius 2 is 2.06 bits per heavy atom. The summed E-state index contributed by atoms with van der Waals surface area (Å²) in [7, 11) is 1.32. The lowest BCUT2D eigenvalue weighted by Gasteiger charge is -2.28. The molecule has 1 aliphatic rings. The number of ether oxygens (including phenoxy) is 2. The van der Waals surface area contributed by atoms with Gasteiger partial charge in [-0.1, -0.05) is 30.3 Å². The summed E-state index contributed by atoms with van der Waals surface area (Å²) in [6.45, 7) is 1.74. The molecule has 1 saturated heterocycles. The molecule has 1 aromatic carbocycles. The van der Waals surface area contributed by atoms with E-state index in [0.717, 1.165) is 5.56 Å². The maximum Gasteiger partial charge on any atom is 0.313 e. The van der Waals surface area contributed by atoms with Gasteiger partial charge in [-0.3, -0.25) is 9.59 Å². The molecule has 0 amide bonds. The minimum Gasteiger partial charge on any atom is -0.469 e. The number of carbonyl (C=O) groups excluding carboxylic acids is 2. The fourth-order valence-corrected chi connectivity index (χ4v) is 2.19. The molecule has 0 saturated carbocycles. The van der Waals surface area contributed by atoms with E-state index in [-0.39, 0.29) is 12.4 Å². The van der Waals surface area contributed by atoms with Crippen LogP contribution < -0.4 is 0 Å². The van der Waals surface area contributed by atoms with Gasteiger partial charge in [-0.05, 0) is 12.5 Å². The molecule has 0 spiro atoms. The molecule has 4 nitrogen and oxygen atoms in total. The third-order valence-electron chi connectivity index (χ3n) is 3.19. The summed E-state index contributed by atoms with van der Waals surface area (Å²) in [6, 6.07) is 9.25. The van der Waals surface area contributed by atoms with E-state index in [4.69, 9.17) is 9.47 Å². The second kappa shape index (κ2) is 4.20.